The number of para-hydroxylation sites is 1. The molecular formula is C23H24N2O3. The van der Waals surface area contributed by atoms with Gasteiger partial charge in [-0.15, -0.1) is 0 Å². The van der Waals surface area contributed by atoms with Gasteiger partial charge in [0.15, 0.2) is 0 Å². The molecule has 1 saturated heterocycles. The van der Waals surface area contributed by atoms with Gasteiger partial charge in [-0.3, -0.25) is 9.59 Å². The molecule has 28 heavy (non-hydrogen) atoms. The van der Waals surface area contributed by atoms with Crippen LogP contribution in [0.3, 0.4) is 0 Å². The second-order valence-corrected chi connectivity index (χ2v) is 7.39. The van der Waals surface area contributed by atoms with Gasteiger partial charge in [-0.1, -0.05) is 30.3 Å². The summed E-state index contributed by atoms with van der Waals surface area (Å²) in [7, 11) is 0. The molecule has 0 saturated carbocycles. The highest BCUT2D eigenvalue weighted by molar-refractivity contribution is 6.45. The highest BCUT2D eigenvalue weighted by Gasteiger charge is 2.42. The van der Waals surface area contributed by atoms with Gasteiger partial charge in [-0.2, -0.15) is 0 Å². The van der Waals surface area contributed by atoms with Gasteiger partial charge in [0.1, 0.15) is 11.4 Å². The van der Waals surface area contributed by atoms with Crippen molar-refractivity contribution in [1.82, 2.24) is 4.90 Å². The van der Waals surface area contributed by atoms with E-state index >= 15 is 0 Å². The van der Waals surface area contributed by atoms with E-state index < -0.39 is 0 Å². The van der Waals surface area contributed by atoms with Crippen molar-refractivity contribution in [3.8, 4) is 5.75 Å². The summed E-state index contributed by atoms with van der Waals surface area (Å²) in [4.78, 5) is 30.0. The minimum Gasteiger partial charge on any atom is -0.491 e. The Labute approximate surface area is 165 Å². The molecule has 144 valence electrons. The lowest BCUT2D eigenvalue weighted by atomic mass is 10.0. The summed E-state index contributed by atoms with van der Waals surface area (Å²) in [5, 5.41) is 0. The average Bonchev–Trinajstić information content (AvgIpc) is 3.29. The molecule has 5 nitrogen and oxygen atoms in total. The molecule has 1 fully saturated rings. The van der Waals surface area contributed by atoms with E-state index in [1.165, 1.54) is 4.90 Å². The van der Waals surface area contributed by atoms with Crippen LogP contribution in [0.2, 0.25) is 0 Å². The van der Waals surface area contributed by atoms with Gasteiger partial charge in [0.2, 0.25) is 0 Å². The van der Waals surface area contributed by atoms with E-state index in [1.54, 1.807) is 12.1 Å². The van der Waals surface area contributed by atoms with E-state index in [1.807, 2.05) is 56.3 Å². The molecule has 5 heteroatoms. The summed E-state index contributed by atoms with van der Waals surface area (Å²) in [6.07, 6.45) is 2.14. The number of carbonyl (C=O) groups is 2. The molecule has 0 spiro atoms. The fraction of sp³-hybridized carbons (Fsp3) is 0.304. The van der Waals surface area contributed by atoms with Crippen LogP contribution in [0.1, 0.15) is 32.3 Å². The zero-order valence-corrected chi connectivity index (χ0v) is 16.2. The van der Waals surface area contributed by atoms with Crippen molar-refractivity contribution in [1.29, 1.82) is 0 Å². The number of amides is 2. The summed E-state index contributed by atoms with van der Waals surface area (Å²) < 4.78 is 5.71. The zero-order chi connectivity index (χ0) is 19.7. The van der Waals surface area contributed by atoms with Crippen LogP contribution in [0.5, 0.6) is 5.75 Å². The van der Waals surface area contributed by atoms with Crippen molar-refractivity contribution in [2.24, 2.45) is 0 Å². The molecule has 2 aliphatic rings. The first-order valence-electron chi connectivity index (χ1n) is 9.76. The molecule has 0 N–H and O–H groups in total. The molecule has 0 aromatic heterocycles. The Balaban J connectivity index is 1.76. The molecule has 2 heterocycles. The molecule has 0 aliphatic carbocycles. The summed E-state index contributed by atoms with van der Waals surface area (Å²) in [5.74, 6) is 0.241. The molecule has 4 rings (SSSR count). The number of hydrogen-bond donors (Lipinski definition) is 0. The minimum absolute atomic E-state index is 0.0773. The SMILES string of the molecule is CC(C)Oc1ccc(C2=C(N3CCCC3)C(=O)N(c3ccccc3)C2=O)cc1. The van der Waals surface area contributed by atoms with Crippen LogP contribution in [0.4, 0.5) is 5.69 Å². The highest BCUT2D eigenvalue weighted by atomic mass is 16.5. The Kier molecular flexibility index (Phi) is 4.90. The topological polar surface area (TPSA) is 49.9 Å². The number of nitrogens with zero attached hydrogens (tertiary/aromatic N) is 2. The van der Waals surface area contributed by atoms with Crippen LogP contribution >= 0.6 is 0 Å². The van der Waals surface area contributed by atoms with E-state index in [-0.39, 0.29) is 17.9 Å². The van der Waals surface area contributed by atoms with Crippen LogP contribution in [-0.4, -0.2) is 35.9 Å². The lowest BCUT2D eigenvalue weighted by Gasteiger charge is -2.20. The number of rotatable bonds is 5. The molecule has 0 atom stereocenters. The maximum atomic E-state index is 13.3. The number of ether oxygens (including phenoxy) is 1. The van der Waals surface area contributed by atoms with Gasteiger partial charge in [0.05, 0.1) is 17.4 Å². The Morgan fingerprint density at radius 3 is 2.11 bits per heavy atom. The fourth-order valence-corrected chi connectivity index (χ4v) is 3.80. The highest BCUT2D eigenvalue weighted by Crippen LogP contribution is 2.36. The predicted octanol–water partition coefficient (Wildman–Crippen LogP) is 3.85. The Hall–Kier alpha value is -3.08. The summed E-state index contributed by atoms with van der Waals surface area (Å²) >= 11 is 0. The Bertz CT molecular complexity index is 911. The summed E-state index contributed by atoms with van der Waals surface area (Å²) in [6.45, 7) is 5.54. The molecule has 2 aromatic rings. The first kappa shape index (κ1) is 18.3. The van der Waals surface area contributed by atoms with Crippen molar-refractivity contribution in [3.63, 3.8) is 0 Å². The van der Waals surface area contributed by atoms with Crippen molar-refractivity contribution < 1.29 is 14.3 Å². The number of hydrogen-bond acceptors (Lipinski definition) is 4. The monoisotopic (exact) mass is 376 g/mol. The van der Waals surface area contributed by atoms with Crippen molar-refractivity contribution >= 4 is 23.1 Å². The minimum atomic E-state index is -0.268. The van der Waals surface area contributed by atoms with Gasteiger partial charge in [-0.05, 0) is 56.5 Å². The number of likely N-dealkylation sites (tertiary alicyclic amines) is 1. The first-order valence-corrected chi connectivity index (χ1v) is 9.76. The first-order chi connectivity index (χ1) is 13.6. The normalized spacial score (nSPS) is 17.2. The number of imide groups is 1. The van der Waals surface area contributed by atoms with Crippen molar-refractivity contribution in [2.45, 2.75) is 32.8 Å². The lowest BCUT2D eigenvalue weighted by molar-refractivity contribution is -0.120. The smallest absolute Gasteiger partial charge is 0.282 e. The van der Waals surface area contributed by atoms with Crippen molar-refractivity contribution in [3.05, 3.63) is 65.9 Å². The largest absolute Gasteiger partial charge is 0.491 e. The molecular weight excluding hydrogens is 352 g/mol. The second-order valence-electron chi connectivity index (χ2n) is 7.39. The van der Waals surface area contributed by atoms with E-state index in [4.69, 9.17) is 4.74 Å². The maximum Gasteiger partial charge on any atom is 0.282 e. The molecule has 2 aromatic carbocycles. The van der Waals surface area contributed by atoms with Crippen LogP contribution in [0, 0.1) is 0 Å². The van der Waals surface area contributed by atoms with Crippen LogP contribution in [0.25, 0.3) is 5.57 Å². The standard InChI is InChI=1S/C23H24N2O3/c1-16(2)28-19-12-10-17(11-13-19)20-21(24-14-6-7-15-24)23(27)25(22(20)26)18-8-4-3-5-9-18/h3-5,8-13,16H,6-7,14-15H2,1-2H3. The Morgan fingerprint density at radius 2 is 1.50 bits per heavy atom. The van der Waals surface area contributed by atoms with E-state index in [0.717, 1.165) is 37.2 Å². The average molecular weight is 376 g/mol. The van der Waals surface area contributed by atoms with Crippen LogP contribution in [0.15, 0.2) is 60.3 Å². The van der Waals surface area contributed by atoms with Gasteiger partial charge in [-0.25, -0.2) is 4.90 Å². The number of carbonyl (C=O) groups excluding carboxylic acids is 2. The van der Waals surface area contributed by atoms with E-state index in [9.17, 15) is 9.59 Å². The van der Waals surface area contributed by atoms with E-state index in [0.29, 0.717) is 17.0 Å². The van der Waals surface area contributed by atoms with E-state index in [2.05, 4.69) is 4.90 Å². The third-order valence-electron chi connectivity index (χ3n) is 5.01. The van der Waals surface area contributed by atoms with Gasteiger partial charge in [0.25, 0.3) is 11.8 Å². The lowest BCUT2D eigenvalue weighted by Crippen LogP contribution is -2.34. The third kappa shape index (κ3) is 3.28. The molecule has 2 amide bonds. The predicted molar refractivity (Wildman–Crippen MR) is 109 cm³/mol. The third-order valence-corrected chi connectivity index (χ3v) is 5.01. The summed E-state index contributed by atoms with van der Waals surface area (Å²) in [5.41, 5.74) is 2.34. The second kappa shape index (κ2) is 7.50. The zero-order valence-electron chi connectivity index (χ0n) is 16.2. The van der Waals surface area contributed by atoms with Gasteiger partial charge >= 0.3 is 0 Å². The van der Waals surface area contributed by atoms with Gasteiger partial charge < -0.3 is 9.64 Å². The Morgan fingerprint density at radius 1 is 0.857 bits per heavy atom. The van der Waals surface area contributed by atoms with Gasteiger partial charge in [0, 0.05) is 13.1 Å². The van der Waals surface area contributed by atoms with Crippen LogP contribution < -0.4 is 9.64 Å². The quantitative estimate of drug-likeness (QED) is 0.744. The fourth-order valence-electron chi connectivity index (χ4n) is 3.80. The molecule has 0 unspecified atom stereocenters. The summed E-state index contributed by atoms with van der Waals surface area (Å²) in [6, 6.07) is 16.6. The molecule has 2 aliphatic heterocycles. The molecule has 0 radical (unpaired) electrons. The number of anilines is 1. The maximum absolute atomic E-state index is 13.3. The molecule has 0 bridgehead atoms. The van der Waals surface area contributed by atoms with Crippen LogP contribution in [-0.2, 0) is 9.59 Å². The van der Waals surface area contributed by atoms with Crippen molar-refractivity contribution in [2.75, 3.05) is 18.0 Å². The number of benzene rings is 2.